The van der Waals surface area contributed by atoms with Gasteiger partial charge in [-0.25, -0.2) is 9.78 Å². The predicted octanol–water partition coefficient (Wildman–Crippen LogP) is 2.14. The van der Waals surface area contributed by atoms with Gasteiger partial charge in [-0.1, -0.05) is 26.2 Å². The van der Waals surface area contributed by atoms with Crippen molar-refractivity contribution in [2.24, 2.45) is 0 Å². The van der Waals surface area contributed by atoms with Crippen molar-refractivity contribution < 1.29 is 9.53 Å². The predicted molar refractivity (Wildman–Crippen MR) is 66.9 cm³/mol. The van der Waals surface area contributed by atoms with Gasteiger partial charge in [-0.3, -0.25) is 0 Å². The molecule has 0 bridgehead atoms. The number of hydrogen-bond donors (Lipinski definition) is 1. The Labute approximate surface area is 102 Å². The molecule has 0 saturated heterocycles. The molecule has 17 heavy (non-hydrogen) atoms. The number of hydrogen-bond acceptors (Lipinski definition) is 4. The molecule has 0 amide bonds. The topological polar surface area (TPSA) is 70.1 Å². The molecule has 5 heteroatoms. The van der Waals surface area contributed by atoms with E-state index in [0.29, 0.717) is 5.82 Å². The lowest BCUT2D eigenvalue weighted by atomic mass is 10.2. The van der Waals surface area contributed by atoms with Crippen LogP contribution in [0.2, 0.25) is 0 Å². The number of unbranched alkanes of at least 4 members (excludes halogenated alkanes) is 3. The first-order valence-corrected chi connectivity index (χ1v) is 6.02. The molecule has 0 aliphatic carbocycles. The van der Waals surface area contributed by atoms with Crippen LogP contribution in [0.25, 0.3) is 0 Å². The molecule has 1 aromatic rings. The van der Waals surface area contributed by atoms with Gasteiger partial charge in [0, 0.05) is 6.54 Å². The molecule has 0 saturated carbocycles. The summed E-state index contributed by atoms with van der Waals surface area (Å²) in [5.41, 5.74) is 6.12. The van der Waals surface area contributed by atoms with E-state index in [2.05, 4.69) is 16.6 Å². The summed E-state index contributed by atoms with van der Waals surface area (Å²) >= 11 is 0. The fourth-order valence-electron chi connectivity index (χ4n) is 1.81. The second-order valence-corrected chi connectivity index (χ2v) is 4.10. The molecule has 0 radical (unpaired) electrons. The highest BCUT2D eigenvalue weighted by atomic mass is 16.5. The fraction of sp³-hybridized carbons (Fsp3) is 0.667. The number of nitrogens with two attached hydrogens (primary N) is 1. The number of carbonyl (C=O) groups is 1. The van der Waals surface area contributed by atoms with Gasteiger partial charge in [-0.15, -0.1) is 0 Å². The third-order valence-corrected chi connectivity index (χ3v) is 2.81. The maximum absolute atomic E-state index is 11.4. The number of ether oxygens (including phenoxy) is 1. The average molecular weight is 239 g/mol. The maximum Gasteiger partial charge on any atom is 0.360 e. The molecule has 1 heterocycles. The molecule has 0 atom stereocenters. The number of imidazole rings is 1. The van der Waals surface area contributed by atoms with Gasteiger partial charge in [0.1, 0.15) is 11.6 Å². The molecule has 0 aliphatic rings. The number of aryl methyl sites for hydroxylation is 1. The molecule has 0 spiro atoms. The normalized spacial score (nSPS) is 10.5. The van der Waals surface area contributed by atoms with E-state index in [9.17, 15) is 4.79 Å². The van der Waals surface area contributed by atoms with Gasteiger partial charge in [-0.2, -0.15) is 0 Å². The smallest absolute Gasteiger partial charge is 0.360 e. The lowest BCUT2D eigenvalue weighted by Crippen LogP contribution is -2.09. The quantitative estimate of drug-likeness (QED) is 0.610. The minimum Gasteiger partial charge on any atom is -0.464 e. The van der Waals surface area contributed by atoms with Gasteiger partial charge in [0.05, 0.1) is 7.11 Å². The Hall–Kier alpha value is -1.52. The van der Waals surface area contributed by atoms with Crippen molar-refractivity contribution in [3.05, 3.63) is 11.5 Å². The summed E-state index contributed by atoms with van der Waals surface area (Å²) in [4.78, 5) is 15.5. The van der Waals surface area contributed by atoms with E-state index in [0.717, 1.165) is 18.8 Å². The van der Waals surface area contributed by atoms with Crippen molar-refractivity contribution in [1.29, 1.82) is 0 Å². The minimum atomic E-state index is -0.474. The van der Waals surface area contributed by atoms with Gasteiger partial charge in [-0.05, 0) is 13.3 Å². The van der Waals surface area contributed by atoms with Crippen LogP contribution < -0.4 is 5.73 Å². The third kappa shape index (κ3) is 3.22. The first-order chi connectivity index (χ1) is 8.11. The fourth-order valence-corrected chi connectivity index (χ4v) is 1.81. The number of nitrogen functional groups attached to an aromatic ring is 1. The van der Waals surface area contributed by atoms with Gasteiger partial charge in [0.25, 0.3) is 0 Å². The monoisotopic (exact) mass is 239 g/mol. The number of anilines is 1. The van der Waals surface area contributed by atoms with Crippen molar-refractivity contribution >= 4 is 11.8 Å². The molecule has 2 N–H and O–H groups in total. The first kappa shape index (κ1) is 13.5. The SMILES string of the molecule is CCCCCCn1c(C)nc(C(=O)OC)c1N. The molecular formula is C12H21N3O2. The van der Waals surface area contributed by atoms with E-state index >= 15 is 0 Å². The van der Waals surface area contributed by atoms with E-state index < -0.39 is 5.97 Å². The van der Waals surface area contributed by atoms with Crippen molar-refractivity contribution in [3.63, 3.8) is 0 Å². The van der Waals surface area contributed by atoms with Crippen LogP contribution in [0.15, 0.2) is 0 Å². The molecule has 0 aromatic carbocycles. The summed E-state index contributed by atoms with van der Waals surface area (Å²) in [6.07, 6.45) is 4.64. The summed E-state index contributed by atoms with van der Waals surface area (Å²) in [5, 5.41) is 0. The number of aromatic nitrogens is 2. The molecule has 1 aromatic heterocycles. The largest absolute Gasteiger partial charge is 0.464 e. The van der Waals surface area contributed by atoms with Crippen LogP contribution in [0.4, 0.5) is 5.82 Å². The van der Waals surface area contributed by atoms with Crippen molar-refractivity contribution in [2.75, 3.05) is 12.8 Å². The Morgan fingerprint density at radius 1 is 1.41 bits per heavy atom. The summed E-state index contributed by atoms with van der Waals surface area (Å²) in [7, 11) is 1.33. The van der Waals surface area contributed by atoms with Gasteiger partial charge in [0.15, 0.2) is 5.69 Å². The van der Waals surface area contributed by atoms with Gasteiger partial charge < -0.3 is 15.0 Å². The van der Waals surface area contributed by atoms with Crippen LogP contribution in [0, 0.1) is 6.92 Å². The van der Waals surface area contributed by atoms with Gasteiger partial charge in [0.2, 0.25) is 0 Å². The number of carbonyl (C=O) groups excluding carboxylic acids is 1. The summed E-state index contributed by atoms with van der Waals surface area (Å²) in [6.45, 7) is 4.83. The van der Waals surface area contributed by atoms with Crippen LogP contribution in [0.5, 0.6) is 0 Å². The van der Waals surface area contributed by atoms with E-state index in [1.807, 2.05) is 11.5 Å². The summed E-state index contributed by atoms with van der Waals surface area (Å²) < 4.78 is 6.51. The number of nitrogens with zero attached hydrogens (tertiary/aromatic N) is 2. The van der Waals surface area contributed by atoms with Crippen LogP contribution in [-0.2, 0) is 11.3 Å². The van der Waals surface area contributed by atoms with Crippen LogP contribution in [0.3, 0.4) is 0 Å². The van der Waals surface area contributed by atoms with E-state index in [1.165, 1.54) is 26.4 Å². The first-order valence-electron chi connectivity index (χ1n) is 6.02. The second-order valence-electron chi connectivity index (χ2n) is 4.10. The zero-order chi connectivity index (χ0) is 12.8. The Bertz CT molecular complexity index is 385. The average Bonchev–Trinajstić information content (AvgIpc) is 2.60. The molecule has 0 unspecified atom stereocenters. The molecule has 0 fully saturated rings. The second kappa shape index (κ2) is 6.27. The zero-order valence-electron chi connectivity index (χ0n) is 10.8. The van der Waals surface area contributed by atoms with Crippen molar-refractivity contribution in [1.82, 2.24) is 9.55 Å². The lowest BCUT2D eigenvalue weighted by molar-refractivity contribution is 0.0595. The highest BCUT2D eigenvalue weighted by Crippen LogP contribution is 2.16. The number of rotatable bonds is 6. The Balaban J connectivity index is 2.72. The van der Waals surface area contributed by atoms with E-state index in [1.54, 1.807) is 0 Å². The van der Waals surface area contributed by atoms with E-state index in [-0.39, 0.29) is 5.69 Å². The minimum absolute atomic E-state index is 0.223. The third-order valence-electron chi connectivity index (χ3n) is 2.81. The lowest BCUT2D eigenvalue weighted by Gasteiger charge is -2.07. The van der Waals surface area contributed by atoms with Crippen molar-refractivity contribution in [3.8, 4) is 0 Å². The molecule has 0 aliphatic heterocycles. The van der Waals surface area contributed by atoms with Gasteiger partial charge >= 0.3 is 5.97 Å². The molecule has 5 nitrogen and oxygen atoms in total. The summed E-state index contributed by atoms with van der Waals surface area (Å²) in [6, 6.07) is 0. The van der Waals surface area contributed by atoms with Crippen molar-refractivity contribution in [2.45, 2.75) is 46.1 Å². The van der Waals surface area contributed by atoms with Crippen LogP contribution >= 0.6 is 0 Å². The van der Waals surface area contributed by atoms with Crippen LogP contribution in [-0.4, -0.2) is 22.6 Å². The number of methoxy groups -OCH3 is 1. The maximum atomic E-state index is 11.4. The Kier molecular flexibility index (Phi) is 5.00. The number of esters is 1. The molecular weight excluding hydrogens is 218 g/mol. The van der Waals surface area contributed by atoms with E-state index in [4.69, 9.17) is 5.73 Å². The molecule has 1 rings (SSSR count). The Morgan fingerprint density at radius 2 is 2.12 bits per heavy atom. The zero-order valence-corrected chi connectivity index (χ0v) is 10.8. The van der Waals surface area contributed by atoms with Crippen LogP contribution in [0.1, 0.15) is 48.9 Å². The summed E-state index contributed by atoms with van der Waals surface area (Å²) in [5.74, 6) is 0.697. The Morgan fingerprint density at radius 3 is 2.71 bits per heavy atom. The standard InChI is InChI=1S/C12H21N3O2/c1-4-5-6-7-8-15-9(2)14-10(11(15)13)12(16)17-3/h4-8,13H2,1-3H3. The highest BCUT2D eigenvalue weighted by molar-refractivity contribution is 5.92. The highest BCUT2D eigenvalue weighted by Gasteiger charge is 2.18. The molecule has 96 valence electrons.